The maximum absolute atomic E-state index is 5.61. The van der Waals surface area contributed by atoms with Crippen LogP contribution in [0.15, 0.2) is 4.99 Å². The lowest BCUT2D eigenvalue weighted by Crippen LogP contribution is -2.39. The number of hydrogen-bond donors (Lipinski definition) is 2. The number of guanidine groups is 1. The third-order valence-electron chi connectivity index (χ3n) is 3.28. The minimum atomic E-state index is 0.306. The second-order valence-electron chi connectivity index (χ2n) is 5.09. The molecule has 0 spiro atoms. The van der Waals surface area contributed by atoms with E-state index < -0.39 is 0 Å². The van der Waals surface area contributed by atoms with E-state index in [1.807, 2.05) is 0 Å². The largest absolute Gasteiger partial charge is 0.382 e. The molecule has 7 heteroatoms. The minimum absolute atomic E-state index is 0.306. The van der Waals surface area contributed by atoms with Crippen molar-refractivity contribution < 1.29 is 18.9 Å². The molecule has 7 nitrogen and oxygen atoms in total. The van der Waals surface area contributed by atoms with Crippen LogP contribution in [0.3, 0.4) is 0 Å². The monoisotopic (exact) mass is 317 g/mol. The van der Waals surface area contributed by atoms with Gasteiger partial charge in [0.25, 0.3) is 0 Å². The first-order valence-corrected chi connectivity index (χ1v) is 8.07. The first kappa shape index (κ1) is 19.2. The van der Waals surface area contributed by atoms with Gasteiger partial charge in [-0.1, -0.05) is 0 Å². The zero-order chi connectivity index (χ0) is 15.9. The molecular weight excluding hydrogens is 286 g/mol. The Kier molecular flexibility index (Phi) is 12.0. The summed E-state index contributed by atoms with van der Waals surface area (Å²) in [5, 5.41) is 6.44. The van der Waals surface area contributed by atoms with Crippen molar-refractivity contribution in [1.82, 2.24) is 10.6 Å². The van der Waals surface area contributed by atoms with E-state index in [1.165, 1.54) is 0 Å². The fraction of sp³-hybridized carbons (Fsp3) is 0.933. The first-order valence-electron chi connectivity index (χ1n) is 8.07. The van der Waals surface area contributed by atoms with E-state index in [0.29, 0.717) is 32.5 Å². The Balaban J connectivity index is 1.88. The second kappa shape index (κ2) is 13.8. The maximum atomic E-state index is 5.61. The van der Waals surface area contributed by atoms with Gasteiger partial charge in [0.2, 0.25) is 0 Å². The van der Waals surface area contributed by atoms with Crippen LogP contribution >= 0.6 is 0 Å². The van der Waals surface area contributed by atoms with Crippen molar-refractivity contribution >= 4 is 5.96 Å². The Morgan fingerprint density at radius 3 is 2.73 bits per heavy atom. The molecular formula is C15H31N3O4. The van der Waals surface area contributed by atoms with Crippen molar-refractivity contribution in [3.05, 3.63) is 0 Å². The maximum Gasteiger partial charge on any atom is 0.191 e. The minimum Gasteiger partial charge on any atom is -0.382 e. The summed E-state index contributed by atoms with van der Waals surface area (Å²) in [5.41, 5.74) is 0. The van der Waals surface area contributed by atoms with E-state index in [1.54, 1.807) is 14.2 Å². The molecule has 1 aliphatic rings. The van der Waals surface area contributed by atoms with Crippen LogP contribution in [0.1, 0.15) is 19.3 Å². The van der Waals surface area contributed by atoms with E-state index in [-0.39, 0.29) is 0 Å². The molecule has 1 fully saturated rings. The van der Waals surface area contributed by atoms with E-state index in [0.717, 1.165) is 51.5 Å². The molecule has 0 bridgehead atoms. The van der Waals surface area contributed by atoms with Gasteiger partial charge in [0, 0.05) is 40.5 Å². The van der Waals surface area contributed by atoms with Gasteiger partial charge < -0.3 is 29.6 Å². The normalized spacial score (nSPS) is 18.6. The Morgan fingerprint density at radius 2 is 2.00 bits per heavy atom. The van der Waals surface area contributed by atoms with Gasteiger partial charge in [-0.25, -0.2) is 0 Å². The third kappa shape index (κ3) is 9.94. The smallest absolute Gasteiger partial charge is 0.191 e. The highest BCUT2D eigenvalue weighted by Crippen LogP contribution is 2.11. The molecule has 130 valence electrons. The van der Waals surface area contributed by atoms with Gasteiger partial charge in [-0.2, -0.15) is 0 Å². The zero-order valence-corrected chi connectivity index (χ0v) is 13.9. The molecule has 0 aromatic carbocycles. The molecule has 0 saturated carbocycles. The molecule has 22 heavy (non-hydrogen) atoms. The van der Waals surface area contributed by atoms with E-state index in [9.17, 15) is 0 Å². The summed E-state index contributed by atoms with van der Waals surface area (Å²) in [4.78, 5) is 4.16. The molecule has 1 aliphatic heterocycles. The number of hydrogen-bond acceptors (Lipinski definition) is 5. The van der Waals surface area contributed by atoms with Crippen LogP contribution in [-0.2, 0) is 18.9 Å². The lowest BCUT2D eigenvalue weighted by Gasteiger charge is -2.13. The number of methoxy groups -OCH3 is 1. The predicted molar refractivity (Wildman–Crippen MR) is 86.5 cm³/mol. The summed E-state index contributed by atoms with van der Waals surface area (Å²) >= 11 is 0. The number of aliphatic imine (C=N–C) groups is 1. The highest BCUT2D eigenvalue weighted by Gasteiger charge is 2.14. The Hall–Kier alpha value is -0.890. The lowest BCUT2D eigenvalue weighted by molar-refractivity contribution is 0.0168. The highest BCUT2D eigenvalue weighted by molar-refractivity contribution is 5.79. The van der Waals surface area contributed by atoms with Crippen LogP contribution in [0, 0.1) is 0 Å². The summed E-state index contributed by atoms with van der Waals surface area (Å²) < 4.78 is 21.4. The summed E-state index contributed by atoms with van der Waals surface area (Å²) in [6.45, 7) is 5.76. The SMILES string of the molecule is CN=C(NCCCOCC1CCCO1)NCCOCCOC. The summed E-state index contributed by atoms with van der Waals surface area (Å²) in [7, 11) is 3.42. The van der Waals surface area contributed by atoms with Gasteiger partial charge in [0.15, 0.2) is 5.96 Å². The number of nitrogens with zero attached hydrogens (tertiary/aromatic N) is 1. The van der Waals surface area contributed by atoms with Gasteiger partial charge in [-0.15, -0.1) is 0 Å². The molecule has 0 radical (unpaired) electrons. The molecule has 0 aliphatic carbocycles. The predicted octanol–water partition coefficient (Wildman–Crippen LogP) is 0.400. The van der Waals surface area contributed by atoms with Gasteiger partial charge in [0.05, 0.1) is 32.5 Å². The first-order chi connectivity index (χ1) is 10.9. The van der Waals surface area contributed by atoms with Crippen LogP contribution in [-0.4, -0.2) is 79.0 Å². The Morgan fingerprint density at radius 1 is 1.14 bits per heavy atom. The molecule has 0 aromatic heterocycles. The molecule has 2 N–H and O–H groups in total. The van der Waals surface area contributed by atoms with Crippen LogP contribution in [0.5, 0.6) is 0 Å². The van der Waals surface area contributed by atoms with Crippen LogP contribution in [0.25, 0.3) is 0 Å². The standard InChI is InChI=1S/C15H31N3O4/c1-16-15(18-7-10-20-12-11-19-2)17-6-4-8-21-13-14-5-3-9-22-14/h14H,3-13H2,1-2H3,(H2,16,17,18). The zero-order valence-electron chi connectivity index (χ0n) is 13.9. The van der Waals surface area contributed by atoms with E-state index >= 15 is 0 Å². The second-order valence-corrected chi connectivity index (χ2v) is 5.09. The van der Waals surface area contributed by atoms with Gasteiger partial charge in [0.1, 0.15) is 0 Å². The number of nitrogens with one attached hydrogen (secondary N) is 2. The highest BCUT2D eigenvalue weighted by atomic mass is 16.5. The Labute approximate surface area is 133 Å². The summed E-state index contributed by atoms with van der Waals surface area (Å²) in [5.74, 6) is 0.787. The average molecular weight is 317 g/mol. The Bertz CT molecular complexity index is 284. The third-order valence-corrected chi connectivity index (χ3v) is 3.28. The molecule has 1 rings (SSSR count). The van der Waals surface area contributed by atoms with E-state index in [4.69, 9.17) is 18.9 Å². The molecule has 0 amide bonds. The van der Waals surface area contributed by atoms with Crippen molar-refractivity contribution in [2.45, 2.75) is 25.4 Å². The number of ether oxygens (including phenoxy) is 4. The summed E-state index contributed by atoms with van der Waals surface area (Å²) in [6.07, 6.45) is 3.53. The van der Waals surface area contributed by atoms with E-state index in [2.05, 4.69) is 15.6 Å². The topological polar surface area (TPSA) is 73.3 Å². The van der Waals surface area contributed by atoms with Crippen molar-refractivity contribution in [3.8, 4) is 0 Å². The number of rotatable bonds is 12. The van der Waals surface area contributed by atoms with Crippen LogP contribution in [0.2, 0.25) is 0 Å². The fourth-order valence-electron chi connectivity index (χ4n) is 2.08. The lowest BCUT2D eigenvalue weighted by atomic mass is 10.2. The van der Waals surface area contributed by atoms with Crippen LogP contribution in [0.4, 0.5) is 0 Å². The van der Waals surface area contributed by atoms with Crippen molar-refractivity contribution in [2.75, 3.05) is 66.9 Å². The van der Waals surface area contributed by atoms with Crippen LogP contribution < -0.4 is 10.6 Å². The molecule has 0 aromatic rings. The van der Waals surface area contributed by atoms with Gasteiger partial charge in [-0.05, 0) is 19.3 Å². The van der Waals surface area contributed by atoms with Gasteiger partial charge in [-0.3, -0.25) is 4.99 Å². The average Bonchev–Trinajstić information content (AvgIpc) is 3.05. The molecule has 1 atom stereocenters. The van der Waals surface area contributed by atoms with Crippen molar-refractivity contribution in [1.29, 1.82) is 0 Å². The molecule has 1 saturated heterocycles. The molecule has 1 heterocycles. The van der Waals surface area contributed by atoms with Crippen molar-refractivity contribution in [3.63, 3.8) is 0 Å². The van der Waals surface area contributed by atoms with Gasteiger partial charge >= 0.3 is 0 Å². The fourth-order valence-corrected chi connectivity index (χ4v) is 2.08. The summed E-state index contributed by atoms with van der Waals surface area (Å²) in [6, 6.07) is 0. The molecule has 1 unspecified atom stereocenters. The quantitative estimate of drug-likeness (QED) is 0.308. The van der Waals surface area contributed by atoms with Crippen molar-refractivity contribution in [2.24, 2.45) is 4.99 Å².